The van der Waals surface area contributed by atoms with Crippen molar-refractivity contribution in [3.05, 3.63) is 41.5 Å². The number of rotatable bonds is 13. The smallest absolute Gasteiger partial charge is 0.338 e. The van der Waals surface area contributed by atoms with Crippen LogP contribution >= 0.6 is 0 Å². The maximum atomic E-state index is 13.5. The number of carbonyl (C=O) groups excluding carboxylic acids is 2. The third-order valence-corrected chi connectivity index (χ3v) is 15.4. The van der Waals surface area contributed by atoms with Crippen LogP contribution in [0.3, 0.4) is 0 Å². The number of methoxy groups -OCH3 is 1. The maximum absolute atomic E-state index is 13.5. The van der Waals surface area contributed by atoms with Crippen LogP contribution in [0.5, 0.6) is 5.75 Å². The first kappa shape index (κ1) is 49.2. The molecule has 18 heteroatoms. The summed E-state index contributed by atoms with van der Waals surface area (Å²) in [6.45, 7) is 12.6. The van der Waals surface area contributed by atoms with Crippen LogP contribution in [0.15, 0.2) is 35.9 Å². The van der Waals surface area contributed by atoms with Crippen LogP contribution in [0.25, 0.3) is 0 Å². The molecule has 19 atom stereocenters. The highest BCUT2D eigenvalue weighted by Crippen LogP contribution is 2.69. The highest BCUT2D eigenvalue weighted by molar-refractivity contribution is 5.90. The molecule has 18 nitrogen and oxygen atoms in total. The van der Waals surface area contributed by atoms with Gasteiger partial charge in [0.1, 0.15) is 48.4 Å². The van der Waals surface area contributed by atoms with Crippen molar-refractivity contribution < 1.29 is 78.6 Å². The van der Waals surface area contributed by atoms with E-state index >= 15 is 0 Å². The number of esters is 1. The predicted molar refractivity (Wildman–Crippen MR) is 222 cm³/mol. The zero-order chi connectivity index (χ0) is 46.5. The molecule has 16 unspecified atom stereocenters. The first-order valence-electron chi connectivity index (χ1n) is 21.9. The summed E-state index contributed by atoms with van der Waals surface area (Å²) in [6.07, 6.45) is -11.0. The second-order valence-corrected chi connectivity index (χ2v) is 19.6. The number of carboxylic acids is 1. The van der Waals surface area contributed by atoms with Crippen molar-refractivity contribution in [1.29, 1.82) is 0 Å². The summed E-state index contributed by atoms with van der Waals surface area (Å²) in [5.74, 6) is -2.82. The van der Waals surface area contributed by atoms with Gasteiger partial charge in [0, 0.05) is 14.0 Å². The highest BCUT2D eigenvalue weighted by atomic mass is 16.7. The van der Waals surface area contributed by atoms with Gasteiger partial charge in [-0.15, -0.1) is 0 Å². The van der Waals surface area contributed by atoms with Crippen LogP contribution in [-0.4, -0.2) is 153 Å². The van der Waals surface area contributed by atoms with E-state index in [1.807, 2.05) is 13.8 Å². The van der Waals surface area contributed by atoms with Crippen molar-refractivity contribution in [3.8, 4) is 5.75 Å². The van der Waals surface area contributed by atoms with Crippen molar-refractivity contribution in [3.63, 3.8) is 0 Å². The van der Waals surface area contributed by atoms with Crippen LogP contribution in [0, 0.1) is 34.0 Å². The summed E-state index contributed by atoms with van der Waals surface area (Å²) in [7, 11) is 1.48. The summed E-state index contributed by atoms with van der Waals surface area (Å²) < 4.78 is 36.7. The molecule has 2 saturated carbocycles. The van der Waals surface area contributed by atoms with Gasteiger partial charge in [-0.25, -0.2) is 4.79 Å². The van der Waals surface area contributed by atoms with E-state index in [-0.39, 0.29) is 34.5 Å². The Kier molecular flexibility index (Phi) is 14.8. The second kappa shape index (κ2) is 18.9. The molecule has 0 aromatic heterocycles. The van der Waals surface area contributed by atoms with Crippen molar-refractivity contribution in [2.45, 2.75) is 166 Å². The predicted octanol–water partition coefficient (Wildman–Crippen LogP) is 1.35. The van der Waals surface area contributed by atoms with E-state index in [1.54, 1.807) is 6.92 Å². The van der Waals surface area contributed by atoms with Gasteiger partial charge in [0.2, 0.25) is 5.91 Å². The molecule has 2 heterocycles. The minimum atomic E-state index is -1.77. The van der Waals surface area contributed by atoms with Crippen molar-refractivity contribution >= 4 is 17.8 Å². The number of ether oxygens (including phenoxy) is 6. The number of carboxylic acid groups (broad SMARTS) is 1. The van der Waals surface area contributed by atoms with Gasteiger partial charge in [0.25, 0.3) is 0 Å². The molecule has 0 bridgehead atoms. The van der Waals surface area contributed by atoms with Crippen molar-refractivity contribution in [2.75, 3.05) is 13.7 Å². The molecular weight excluding hydrogens is 824 g/mol. The van der Waals surface area contributed by atoms with E-state index in [4.69, 9.17) is 34.2 Å². The molecule has 2 saturated heterocycles. The van der Waals surface area contributed by atoms with Crippen LogP contribution in [0.4, 0.5) is 0 Å². The number of aliphatic hydroxyl groups excluding tert-OH is 5. The number of hydrogen-bond acceptors (Lipinski definition) is 16. The summed E-state index contributed by atoms with van der Waals surface area (Å²) >= 11 is 0. The van der Waals surface area contributed by atoms with Crippen LogP contribution in [0.2, 0.25) is 0 Å². The molecule has 2 aliphatic heterocycles. The lowest BCUT2D eigenvalue weighted by Gasteiger charge is -2.67. The summed E-state index contributed by atoms with van der Waals surface area (Å²) in [5.41, 5.74) is 5.77. The molecule has 1 amide bonds. The highest BCUT2D eigenvalue weighted by Gasteiger charge is 2.65. The molecule has 5 aliphatic rings. The van der Waals surface area contributed by atoms with E-state index in [9.17, 15) is 50.1 Å². The standard InChI is InChI=1S/C45H68N2O16/c1-20-12-13-30-44(6,25(20)17-26(58-8)31(46)39(55)56)15-14-29-43(4,5)38(54)27(18-45(29,30)7)60-42-35(53)37(36(21(2)59-42)62-40(57)23-10-9-11-24(50)16-23)63-41-32(47-22(3)49)34(52)33(51)28(19-48)61-41/h9-12,16,21,25-38,41-42,48,50-54H,13-15,17-19,46H2,1-8H3,(H,47,49)(H,55,56)/t21?,25?,26?,27?,28?,29?,30?,31?,32?,33?,34?,35?,36?,37?,38-,41?,42?,44-,45-/m1/s1. The lowest BCUT2D eigenvalue weighted by Crippen LogP contribution is -2.68. The lowest BCUT2D eigenvalue weighted by molar-refractivity contribution is -0.358. The molecule has 6 rings (SSSR count). The van der Waals surface area contributed by atoms with Crippen LogP contribution < -0.4 is 11.1 Å². The number of aliphatic carboxylic acids is 1. The molecule has 0 radical (unpaired) electrons. The molecule has 354 valence electrons. The van der Waals surface area contributed by atoms with E-state index in [1.165, 1.54) is 38.3 Å². The Labute approximate surface area is 368 Å². The summed E-state index contributed by atoms with van der Waals surface area (Å²) in [4.78, 5) is 37.8. The Morgan fingerprint density at radius 1 is 0.968 bits per heavy atom. The second-order valence-electron chi connectivity index (χ2n) is 19.6. The fraction of sp³-hybridized carbons (Fsp3) is 0.756. The van der Waals surface area contributed by atoms with Gasteiger partial charge >= 0.3 is 11.9 Å². The van der Waals surface area contributed by atoms with E-state index in [2.05, 4.69) is 32.2 Å². The molecule has 10 N–H and O–H groups in total. The summed E-state index contributed by atoms with van der Waals surface area (Å²) in [6, 6.07) is 2.80. The number of allylic oxidation sites excluding steroid dienone is 2. The van der Waals surface area contributed by atoms with E-state index in [0.717, 1.165) is 24.8 Å². The van der Waals surface area contributed by atoms with Crippen molar-refractivity contribution in [1.82, 2.24) is 5.32 Å². The minimum absolute atomic E-state index is 0.0231. The number of aliphatic hydroxyl groups is 5. The maximum Gasteiger partial charge on any atom is 0.338 e. The van der Waals surface area contributed by atoms with Gasteiger partial charge < -0.3 is 75.2 Å². The average Bonchev–Trinajstić information content (AvgIpc) is 3.21. The molecule has 63 heavy (non-hydrogen) atoms. The van der Waals surface area contributed by atoms with E-state index < -0.39 is 121 Å². The Morgan fingerprint density at radius 3 is 2.29 bits per heavy atom. The fourth-order valence-electron chi connectivity index (χ4n) is 12.1. The number of phenols is 1. The zero-order valence-corrected chi connectivity index (χ0v) is 37.3. The number of carbonyl (C=O) groups is 3. The first-order chi connectivity index (χ1) is 29.5. The summed E-state index contributed by atoms with van der Waals surface area (Å²) in [5, 5.41) is 78.6. The zero-order valence-electron chi connectivity index (χ0n) is 37.3. The molecule has 0 spiro atoms. The van der Waals surface area contributed by atoms with Crippen molar-refractivity contribution in [2.24, 2.45) is 39.7 Å². The SMILES string of the molecule is COC(CC1C(C)=CCC2[C@]1(C)CCC1C(C)(C)[C@H](O)C(OC3OC(C)C(OC(=O)c4cccc(O)c4)C(OC4OC(CO)C(O)C(O)C4NC(C)=O)C3O)C[C@]12C)C(N)C(=O)O. The Morgan fingerprint density at radius 2 is 1.67 bits per heavy atom. The number of benzene rings is 1. The quantitative estimate of drug-likeness (QED) is 0.0768. The Hall–Kier alpha value is -3.27. The third kappa shape index (κ3) is 9.28. The number of amides is 1. The number of fused-ring (bicyclic) bond motifs is 3. The monoisotopic (exact) mass is 892 g/mol. The number of aromatic hydroxyl groups is 1. The van der Waals surface area contributed by atoms with Gasteiger partial charge in [0.15, 0.2) is 18.7 Å². The Bertz CT molecular complexity index is 1850. The van der Waals surface area contributed by atoms with Crippen LogP contribution in [0.1, 0.15) is 90.9 Å². The topological polar surface area (TPSA) is 286 Å². The Balaban J connectivity index is 1.32. The van der Waals surface area contributed by atoms with E-state index in [0.29, 0.717) is 12.8 Å². The molecule has 4 fully saturated rings. The molecular formula is C45H68N2O16. The van der Waals surface area contributed by atoms with Gasteiger partial charge in [0.05, 0.1) is 36.6 Å². The van der Waals surface area contributed by atoms with Gasteiger partial charge in [-0.3, -0.25) is 9.59 Å². The van der Waals surface area contributed by atoms with Gasteiger partial charge in [-0.1, -0.05) is 45.4 Å². The molecule has 1 aromatic carbocycles. The number of nitrogens with one attached hydrogen (secondary N) is 1. The minimum Gasteiger partial charge on any atom is -0.508 e. The van der Waals surface area contributed by atoms with Gasteiger partial charge in [-0.05, 0) is 98.1 Å². The fourth-order valence-corrected chi connectivity index (χ4v) is 12.1. The normalized spacial score (nSPS) is 42.1. The molecule has 1 aromatic rings. The first-order valence-corrected chi connectivity index (χ1v) is 21.9. The van der Waals surface area contributed by atoms with Crippen LogP contribution in [-0.2, 0) is 38.0 Å². The average molecular weight is 893 g/mol. The van der Waals surface area contributed by atoms with Gasteiger partial charge in [-0.2, -0.15) is 0 Å². The number of phenolic OH excluding ortho intramolecular Hbond substituents is 1. The molecule has 3 aliphatic carbocycles. The number of hydrogen-bond donors (Lipinski definition) is 9. The largest absolute Gasteiger partial charge is 0.508 e. The number of nitrogens with two attached hydrogens (primary N) is 1. The third-order valence-electron chi connectivity index (χ3n) is 15.4. The lowest BCUT2D eigenvalue weighted by atomic mass is 9.39.